The summed E-state index contributed by atoms with van der Waals surface area (Å²) in [7, 11) is 4.81. The van der Waals surface area contributed by atoms with Gasteiger partial charge >= 0.3 is 0 Å². The van der Waals surface area contributed by atoms with Crippen molar-refractivity contribution < 1.29 is 14.2 Å². The molecule has 0 radical (unpaired) electrons. The zero-order valence-electron chi connectivity index (χ0n) is 19.8. The van der Waals surface area contributed by atoms with E-state index in [9.17, 15) is 0 Å². The largest absolute Gasteiger partial charge is 0.497 e. The third kappa shape index (κ3) is 7.31. The maximum atomic E-state index is 5.52. The molecule has 3 N–H and O–H groups in total. The number of ether oxygens (including phenoxy) is 3. The smallest absolute Gasteiger partial charge is 0.229 e. The predicted octanol–water partition coefficient (Wildman–Crippen LogP) is 4.07. The average Bonchev–Trinajstić information content (AvgIpc) is 2.81. The molecule has 0 atom stereocenters. The van der Waals surface area contributed by atoms with Crippen molar-refractivity contribution in [1.82, 2.24) is 15.3 Å². The van der Waals surface area contributed by atoms with Gasteiger partial charge in [0, 0.05) is 35.3 Å². The van der Waals surface area contributed by atoms with Crippen molar-refractivity contribution >= 4 is 34.9 Å². The fraction of sp³-hybridized carbons (Fsp3) is 0.250. The Morgan fingerprint density at radius 1 is 0.853 bits per heavy atom. The Hall–Kier alpha value is -3.92. The van der Waals surface area contributed by atoms with E-state index in [-0.39, 0.29) is 0 Å². The summed E-state index contributed by atoms with van der Waals surface area (Å²) in [4.78, 5) is 13.5. The molecule has 0 spiro atoms. The lowest BCUT2D eigenvalue weighted by Gasteiger charge is -2.15. The van der Waals surface area contributed by atoms with Crippen molar-refractivity contribution in [1.29, 1.82) is 0 Å². The topological polar surface area (TPSA) is 102 Å². The van der Waals surface area contributed by atoms with E-state index in [4.69, 9.17) is 26.4 Å². The van der Waals surface area contributed by atoms with Crippen molar-refractivity contribution in [3.63, 3.8) is 0 Å². The van der Waals surface area contributed by atoms with Crippen LogP contribution in [-0.2, 0) is 6.54 Å². The van der Waals surface area contributed by atoms with Gasteiger partial charge in [0.25, 0.3) is 0 Å². The van der Waals surface area contributed by atoms with Crippen LogP contribution in [0.4, 0.5) is 11.6 Å². The highest BCUT2D eigenvalue weighted by Gasteiger charge is 2.09. The van der Waals surface area contributed by atoms with E-state index in [2.05, 4.69) is 30.9 Å². The molecular formula is C24H28N6O3S. The number of aromatic nitrogens is 2. The number of nitrogens with zero attached hydrogens (tertiary/aromatic N) is 3. The molecule has 178 valence electrons. The fourth-order valence-electron chi connectivity index (χ4n) is 3.09. The first-order valence-electron chi connectivity index (χ1n) is 10.5. The highest BCUT2D eigenvalue weighted by atomic mass is 32.1. The molecular weight excluding hydrogens is 452 g/mol. The minimum atomic E-state index is 0.316. The number of hydrogen-bond donors (Lipinski definition) is 3. The van der Waals surface area contributed by atoms with Gasteiger partial charge in [-0.1, -0.05) is 12.1 Å². The van der Waals surface area contributed by atoms with Gasteiger partial charge in [0.05, 0.1) is 27.9 Å². The molecule has 0 saturated heterocycles. The Labute approximate surface area is 204 Å². The molecule has 9 nitrogen and oxygen atoms in total. The first kappa shape index (κ1) is 24.7. The van der Waals surface area contributed by atoms with Crippen molar-refractivity contribution in [2.24, 2.45) is 4.99 Å². The van der Waals surface area contributed by atoms with Gasteiger partial charge in [-0.05, 0) is 49.8 Å². The normalized spacial score (nSPS) is 10.9. The maximum Gasteiger partial charge on any atom is 0.229 e. The summed E-state index contributed by atoms with van der Waals surface area (Å²) in [5.41, 5.74) is 3.35. The molecule has 34 heavy (non-hydrogen) atoms. The van der Waals surface area contributed by atoms with Crippen molar-refractivity contribution in [2.75, 3.05) is 32.0 Å². The molecule has 0 fully saturated rings. The monoisotopic (exact) mass is 480 g/mol. The lowest BCUT2D eigenvalue weighted by molar-refractivity contribution is 0.395. The quantitative estimate of drug-likeness (QED) is 0.262. The molecule has 0 aliphatic rings. The van der Waals surface area contributed by atoms with Crippen LogP contribution in [-0.4, -0.2) is 42.4 Å². The Kier molecular flexibility index (Phi) is 8.58. The van der Waals surface area contributed by atoms with Crippen LogP contribution in [0.5, 0.6) is 17.2 Å². The summed E-state index contributed by atoms with van der Waals surface area (Å²) < 4.78 is 15.9. The maximum absolute atomic E-state index is 5.52. The van der Waals surface area contributed by atoms with Crippen LogP contribution in [0.3, 0.4) is 0 Å². The molecule has 0 amide bonds. The van der Waals surface area contributed by atoms with Crippen LogP contribution in [0.2, 0.25) is 0 Å². The number of nitrogens with one attached hydrogen (secondary N) is 3. The van der Waals surface area contributed by atoms with Gasteiger partial charge in [0.1, 0.15) is 17.2 Å². The van der Waals surface area contributed by atoms with Crippen LogP contribution in [0, 0.1) is 13.8 Å². The SMILES string of the molecule is COc1cccc(CN=C(NC(=S)Nc2cc(OC)cc(OC)c2)Nc2nc(C)cc(C)n2)c1. The summed E-state index contributed by atoms with van der Waals surface area (Å²) in [6, 6.07) is 15.0. The van der Waals surface area contributed by atoms with E-state index in [1.54, 1.807) is 27.4 Å². The molecule has 10 heteroatoms. The Morgan fingerprint density at radius 2 is 1.50 bits per heavy atom. The molecule has 0 aliphatic heterocycles. The second kappa shape index (κ2) is 11.8. The van der Waals surface area contributed by atoms with Gasteiger partial charge in [0.15, 0.2) is 5.11 Å². The minimum Gasteiger partial charge on any atom is -0.497 e. The Morgan fingerprint density at radius 3 is 2.12 bits per heavy atom. The number of rotatable bonds is 7. The second-order valence-electron chi connectivity index (χ2n) is 7.30. The molecule has 3 rings (SSSR count). The van der Waals surface area contributed by atoms with E-state index in [1.807, 2.05) is 56.3 Å². The van der Waals surface area contributed by atoms with Crippen LogP contribution in [0.25, 0.3) is 0 Å². The lowest BCUT2D eigenvalue weighted by atomic mass is 10.2. The van der Waals surface area contributed by atoms with E-state index < -0.39 is 0 Å². The highest BCUT2D eigenvalue weighted by Crippen LogP contribution is 2.25. The van der Waals surface area contributed by atoms with Gasteiger partial charge in [0.2, 0.25) is 11.9 Å². The van der Waals surface area contributed by atoms with Crippen LogP contribution in [0.1, 0.15) is 17.0 Å². The third-order valence-electron chi connectivity index (χ3n) is 4.61. The number of guanidine groups is 1. The summed E-state index contributed by atoms with van der Waals surface area (Å²) in [6.45, 7) is 4.19. The van der Waals surface area contributed by atoms with Gasteiger partial charge in [-0.15, -0.1) is 0 Å². The number of anilines is 2. The highest BCUT2D eigenvalue weighted by molar-refractivity contribution is 7.80. The molecule has 3 aromatic rings. The summed E-state index contributed by atoms with van der Waals surface area (Å²) in [5.74, 6) is 2.84. The average molecular weight is 481 g/mol. The van der Waals surface area contributed by atoms with Crippen molar-refractivity contribution in [3.8, 4) is 17.2 Å². The zero-order valence-corrected chi connectivity index (χ0v) is 20.6. The van der Waals surface area contributed by atoms with Crippen molar-refractivity contribution in [2.45, 2.75) is 20.4 Å². The molecule has 0 bridgehead atoms. The number of aryl methyl sites for hydroxylation is 2. The first-order chi connectivity index (χ1) is 16.4. The first-order valence-corrected chi connectivity index (χ1v) is 10.9. The standard InChI is InChI=1S/C24H28N6O3S/c1-15-9-16(2)27-23(26-15)29-22(25-14-17-7-6-8-19(10-17)31-3)30-24(34)28-18-11-20(32-4)13-21(12-18)33-5/h6-13H,14H2,1-5H3,(H3,25,26,27,28,29,30,34). The summed E-state index contributed by atoms with van der Waals surface area (Å²) in [6.07, 6.45) is 0. The number of thiocarbonyl (C=S) groups is 1. The second-order valence-corrected chi connectivity index (χ2v) is 7.70. The molecule has 2 aromatic carbocycles. The third-order valence-corrected chi connectivity index (χ3v) is 4.81. The minimum absolute atomic E-state index is 0.316. The fourth-order valence-corrected chi connectivity index (χ4v) is 3.30. The Bertz CT molecular complexity index is 1140. The van der Waals surface area contributed by atoms with Gasteiger partial charge in [-0.25, -0.2) is 15.0 Å². The van der Waals surface area contributed by atoms with Crippen LogP contribution < -0.4 is 30.2 Å². The van der Waals surface area contributed by atoms with E-state index in [0.29, 0.717) is 40.8 Å². The van der Waals surface area contributed by atoms with Gasteiger partial charge in [-0.2, -0.15) is 0 Å². The van der Waals surface area contributed by atoms with E-state index in [1.165, 1.54) is 0 Å². The Balaban J connectivity index is 1.81. The molecule has 1 aromatic heterocycles. The van der Waals surface area contributed by atoms with E-state index in [0.717, 1.165) is 22.7 Å². The van der Waals surface area contributed by atoms with Gasteiger partial charge in [-0.3, -0.25) is 5.32 Å². The number of methoxy groups -OCH3 is 3. The molecule has 0 unspecified atom stereocenters. The van der Waals surface area contributed by atoms with Crippen LogP contribution >= 0.6 is 12.2 Å². The zero-order chi connectivity index (χ0) is 24.5. The van der Waals surface area contributed by atoms with Gasteiger partial charge < -0.3 is 24.8 Å². The number of benzene rings is 2. The number of aliphatic imine (C=N–C) groups is 1. The lowest BCUT2D eigenvalue weighted by Crippen LogP contribution is -2.39. The van der Waals surface area contributed by atoms with Crippen molar-refractivity contribution in [3.05, 3.63) is 65.5 Å². The summed E-state index contributed by atoms with van der Waals surface area (Å²) in [5, 5.41) is 9.66. The molecule has 0 saturated carbocycles. The summed E-state index contributed by atoms with van der Waals surface area (Å²) >= 11 is 5.52. The predicted molar refractivity (Wildman–Crippen MR) is 138 cm³/mol. The van der Waals surface area contributed by atoms with Crippen LogP contribution in [0.15, 0.2) is 53.5 Å². The van der Waals surface area contributed by atoms with E-state index >= 15 is 0 Å². The molecule has 1 heterocycles. The number of hydrogen-bond acceptors (Lipinski definition) is 7. The molecule has 0 aliphatic carbocycles.